The Morgan fingerprint density at radius 3 is 1.57 bits per heavy atom. The van der Waals surface area contributed by atoms with E-state index in [1.165, 1.54) is 80.5 Å². The van der Waals surface area contributed by atoms with Crippen LogP contribution in [0.4, 0.5) is 0 Å². The Morgan fingerprint density at radius 2 is 0.891 bits per heavy atom. The second-order valence-corrected chi connectivity index (χ2v) is 13.1. The molecule has 8 aromatic carbocycles. The van der Waals surface area contributed by atoms with E-state index in [0.717, 1.165) is 16.6 Å². The summed E-state index contributed by atoms with van der Waals surface area (Å²) in [6.07, 6.45) is 0. The molecule has 10 aromatic rings. The molecule has 0 N–H and O–H groups in total. The van der Waals surface area contributed by atoms with E-state index in [2.05, 4.69) is 158 Å². The molecular formula is C44H26OS. The Balaban J connectivity index is 1.13. The van der Waals surface area contributed by atoms with E-state index in [9.17, 15) is 0 Å². The fraction of sp³-hybridized carbons (Fsp3) is 0. The molecule has 0 saturated heterocycles. The van der Waals surface area contributed by atoms with E-state index < -0.39 is 0 Å². The molecule has 0 bridgehead atoms. The summed E-state index contributed by atoms with van der Waals surface area (Å²) < 4.78 is 9.09. The van der Waals surface area contributed by atoms with Crippen LogP contribution >= 0.6 is 11.3 Å². The van der Waals surface area contributed by atoms with E-state index in [4.69, 9.17) is 4.42 Å². The topological polar surface area (TPSA) is 13.1 Å². The van der Waals surface area contributed by atoms with Crippen molar-refractivity contribution in [2.45, 2.75) is 0 Å². The maximum Gasteiger partial charge on any atom is 0.144 e. The molecule has 0 aliphatic carbocycles. The highest BCUT2D eigenvalue weighted by Gasteiger charge is 2.18. The Morgan fingerprint density at radius 1 is 0.348 bits per heavy atom. The first-order chi connectivity index (χ1) is 22.8. The van der Waals surface area contributed by atoms with Gasteiger partial charge in [0, 0.05) is 30.9 Å². The second kappa shape index (κ2) is 9.90. The molecule has 2 heterocycles. The average Bonchev–Trinajstić information content (AvgIpc) is 3.69. The third-order valence-electron chi connectivity index (χ3n) is 9.48. The van der Waals surface area contributed by atoms with Crippen molar-refractivity contribution < 1.29 is 4.42 Å². The molecule has 0 aliphatic rings. The minimum Gasteiger partial charge on any atom is -0.455 e. The quantitative estimate of drug-likeness (QED) is 0.183. The van der Waals surface area contributed by atoms with Gasteiger partial charge in [0.1, 0.15) is 11.2 Å². The minimum atomic E-state index is 0.926. The molecule has 0 saturated carbocycles. The van der Waals surface area contributed by atoms with Gasteiger partial charge in [-0.15, -0.1) is 11.3 Å². The van der Waals surface area contributed by atoms with Crippen molar-refractivity contribution in [3.8, 4) is 33.4 Å². The predicted octanol–water partition coefficient (Wildman–Crippen LogP) is 13.3. The van der Waals surface area contributed by atoms with Gasteiger partial charge in [0.05, 0.1) is 0 Å². The molecular weight excluding hydrogens is 577 g/mol. The van der Waals surface area contributed by atoms with Crippen molar-refractivity contribution in [3.63, 3.8) is 0 Å². The van der Waals surface area contributed by atoms with Crippen LogP contribution in [0.5, 0.6) is 0 Å². The third-order valence-corrected chi connectivity index (χ3v) is 10.6. The number of furan rings is 1. The van der Waals surface area contributed by atoms with Crippen molar-refractivity contribution in [1.29, 1.82) is 0 Å². The van der Waals surface area contributed by atoms with Crippen molar-refractivity contribution in [1.82, 2.24) is 0 Å². The van der Waals surface area contributed by atoms with Gasteiger partial charge in [-0.3, -0.25) is 0 Å². The first-order valence-corrected chi connectivity index (χ1v) is 16.5. The van der Waals surface area contributed by atoms with Crippen LogP contribution in [0.2, 0.25) is 0 Å². The lowest BCUT2D eigenvalue weighted by atomic mass is 9.86. The fourth-order valence-electron chi connectivity index (χ4n) is 7.41. The average molecular weight is 603 g/mol. The van der Waals surface area contributed by atoms with Crippen LogP contribution in [-0.2, 0) is 0 Å². The lowest BCUT2D eigenvalue weighted by Crippen LogP contribution is -1.90. The summed E-state index contributed by atoms with van der Waals surface area (Å²) in [5, 5.41) is 9.89. The number of hydrogen-bond acceptors (Lipinski definition) is 2. The van der Waals surface area contributed by atoms with Gasteiger partial charge in [0.2, 0.25) is 0 Å². The molecule has 0 spiro atoms. The summed E-state index contributed by atoms with van der Waals surface area (Å²) in [6, 6.07) is 57.2. The largest absolute Gasteiger partial charge is 0.455 e. The van der Waals surface area contributed by atoms with Gasteiger partial charge < -0.3 is 4.42 Å². The number of benzene rings is 8. The van der Waals surface area contributed by atoms with E-state index in [1.807, 2.05) is 11.3 Å². The van der Waals surface area contributed by atoms with Crippen molar-refractivity contribution in [2.75, 3.05) is 0 Å². The van der Waals surface area contributed by atoms with Gasteiger partial charge in [-0.2, -0.15) is 0 Å². The molecule has 0 fully saturated rings. The zero-order valence-electron chi connectivity index (χ0n) is 24.8. The van der Waals surface area contributed by atoms with Gasteiger partial charge in [0.15, 0.2) is 0 Å². The summed E-state index contributed by atoms with van der Waals surface area (Å²) in [5.74, 6) is 0. The first-order valence-electron chi connectivity index (χ1n) is 15.7. The second-order valence-electron chi connectivity index (χ2n) is 12.0. The maximum atomic E-state index is 6.53. The highest BCUT2D eigenvalue weighted by molar-refractivity contribution is 7.26. The minimum absolute atomic E-state index is 0.926. The monoisotopic (exact) mass is 602 g/mol. The first kappa shape index (κ1) is 25.6. The zero-order valence-corrected chi connectivity index (χ0v) is 25.6. The Kier molecular flexibility index (Phi) is 5.51. The van der Waals surface area contributed by atoms with Gasteiger partial charge in [0.25, 0.3) is 0 Å². The van der Waals surface area contributed by atoms with Crippen LogP contribution in [0.15, 0.2) is 162 Å². The molecule has 214 valence electrons. The number of hydrogen-bond donors (Lipinski definition) is 0. The van der Waals surface area contributed by atoms with Crippen molar-refractivity contribution >= 4 is 75.0 Å². The highest BCUT2D eigenvalue weighted by atomic mass is 32.1. The van der Waals surface area contributed by atoms with Crippen LogP contribution in [0.1, 0.15) is 0 Å². The SMILES string of the molecule is c1ccc(-c2c3ccccc3c(-c3ccc(-c4ccc5oc6c(ccc7sc8ccccc8c76)c5c4)cc3)c3ccccc23)cc1. The van der Waals surface area contributed by atoms with Gasteiger partial charge in [-0.25, -0.2) is 0 Å². The molecule has 0 unspecified atom stereocenters. The number of thiophene rings is 1. The van der Waals surface area contributed by atoms with E-state index in [1.54, 1.807) is 0 Å². The van der Waals surface area contributed by atoms with Crippen LogP contribution in [-0.4, -0.2) is 0 Å². The molecule has 46 heavy (non-hydrogen) atoms. The predicted molar refractivity (Wildman–Crippen MR) is 198 cm³/mol. The van der Waals surface area contributed by atoms with Crippen LogP contribution in [0.3, 0.4) is 0 Å². The summed E-state index contributed by atoms with van der Waals surface area (Å²) >= 11 is 1.83. The number of rotatable bonds is 3. The summed E-state index contributed by atoms with van der Waals surface area (Å²) in [7, 11) is 0. The zero-order chi connectivity index (χ0) is 30.2. The van der Waals surface area contributed by atoms with Crippen molar-refractivity contribution in [3.05, 3.63) is 158 Å². The molecule has 1 nitrogen and oxygen atoms in total. The Hall–Kier alpha value is -5.70. The molecule has 0 atom stereocenters. The van der Waals surface area contributed by atoms with Crippen LogP contribution in [0.25, 0.3) is 97.0 Å². The molecule has 0 amide bonds. The van der Waals surface area contributed by atoms with Crippen LogP contribution < -0.4 is 0 Å². The summed E-state index contributed by atoms with van der Waals surface area (Å²) in [6.45, 7) is 0. The molecule has 2 heteroatoms. The fourth-order valence-corrected chi connectivity index (χ4v) is 8.51. The third kappa shape index (κ3) is 3.74. The number of fused-ring (bicyclic) bond motifs is 9. The summed E-state index contributed by atoms with van der Waals surface area (Å²) in [4.78, 5) is 0. The highest BCUT2D eigenvalue weighted by Crippen LogP contribution is 2.45. The summed E-state index contributed by atoms with van der Waals surface area (Å²) in [5.41, 5.74) is 9.32. The maximum absolute atomic E-state index is 6.53. The van der Waals surface area contributed by atoms with E-state index in [-0.39, 0.29) is 0 Å². The Labute approximate surface area is 269 Å². The lowest BCUT2D eigenvalue weighted by Gasteiger charge is -2.18. The lowest BCUT2D eigenvalue weighted by molar-refractivity contribution is 0.673. The van der Waals surface area contributed by atoms with Gasteiger partial charge in [-0.05, 0) is 85.3 Å². The van der Waals surface area contributed by atoms with Crippen molar-refractivity contribution in [2.24, 2.45) is 0 Å². The molecule has 10 rings (SSSR count). The molecule has 0 radical (unpaired) electrons. The van der Waals surface area contributed by atoms with E-state index >= 15 is 0 Å². The van der Waals surface area contributed by atoms with Crippen LogP contribution in [0, 0.1) is 0 Å². The molecule has 2 aromatic heterocycles. The normalized spacial score (nSPS) is 11.9. The standard InChI is InChI=1S/C44H26OS/c1-2-10-28(11-3-1)41-31-12-4-6-14-33(31)42(34-15-7-5-13-32(34)41)29-20-18-27(19-21-29)30-22-24-38-37(26-30)35-23-25-40-43(44(35)45-38)36-16-8-9-17-39(36)46-40/h1-26H. The smallest absolute Gasteiger partial charge is 0.144 e. The van der Waals surface area contributed by atoms with Gasteiger partial charge in [-0.1, -0.05) is 127 Å². The Bertz CT molecular complexity index is 2730. The van der Waals surface area contributed by atoms with Gasteiger partial charge >= 0.3 is 0 Å². The molecule has 0 aliphatic heterocycles. The van der Waals surface area contributed by atoms with E-state index in [0.29, 0.717) is 0 Å².